The molecule has 8 heteroatoms. The topological polar surface area (TPSA) is 79.3 Å². The van der Waals surface area contributed by atoms with Crippen LogP contribution in [0.1, 0.15) is 12.8 Å². The second-order valence-corrected chi connectivity index (χ2v) is 6.72. The van der Waals surface area contributed by atoms with Gasteiger partial charge in [-0.2, -0.15) is 5.10 Å². The van der Waals surface area contributed by atoms with Crippen molar-refractivity contribution in [1.29, 1.82) is 0 Å². The van der Waals surface area contributed by atoms with Crippen LogP contribution in [0.2, 0.25) is 5.02 Å². The van der Waals surface area contributed by atoms with E-state index in [0.29, 0.717) is 17.3 Å². The zero-order valence-corrected chi connectivity index (χ0v) is 14.3. The number of anilines is 3. The van der Waals surface area contributed by atoms with E-state index in [1.165, 1.54) is 0 Å². The Morgan fingerprint density at radius 3 is 3.12 bits per heavy atom. The SMILES string of the molecule is O=C(Nc1cnn2c1NCCC2)C1CC(=O)N(c2cccc(Cl)c2)C1. The molecular weight excluding hydrogens is 342 g/mol. The average Bonchev–Trinajstić information content (AvgIpc) is 3.19. The van der Waals surface area contributed by atoms with E-state index in [1.54, 1.807) is 29.3 Å². The van der Waals surface area contributed by atoms with Crippen LogP contribution in [0, 0.1) is 5.92 Å². The number of benzene rings is 1. The molecule has 7 nitrogen and oxygen atoms in total. The van der Waals surface area contributed by atoms with Crippen molar-refractivity contribution in [3.8, 4) is 0 Å². The van der Waals surface area contributed by atoms with Crippen LogP contribution in [-0.2, 0) is 16.1 Å². The fourth-order valence-electron chi connectivity index (χ4n) is 3.28. The smallest absolute Gasteiger partial charge is 0.229 e. The van der Waals surface area contributed by atoms with Crippen molar-refractivity contribution >= 4 is 40.6 Å². The van der Waals surface area contributed by atoms with Crippen molar-refractivity contribution in [2.75, 3.05) is 28.6 Å². The molecule has 1 unspecified atom stereocenters. The lowest BCUT2D eigenvalue weighted by atomic mass is 10.1. The van der Waals surface area contributed by atoms with Crippen LogP contribution >= 0.6 is 11.6 Å². The molecular formula is C17H18ClN5O2. The quantitative estimate of drug-likeness (QED) is 0.881. The van der Waals surface area contributed by atoms with Gasteiger partial charge in [-0.05, 0) is 24.6 Å². The van der Waals surface area contributed by atoms with Crippen molar-refractivity contribution in [3.05, 3.63) is 35.5 Å². The summed E-state index contributed by atoms with van der Waals surface area (Å²) in [6.07, 6.45) is 2.85. The maximum absolute atomic E-state index is 12.6. The second kappa shape index (κ2) is 6.40. The number of rotatable bonds is 3. The molecule has 1 atom stereocenters. The van der Waals surface area contributed by atoms with E-state index in [0.717, 1.165) is 31.0 Å². The van der Waals surface area contributed by atoms with Gasteiger partial charge in [0, 0.05) is 36.8 Å². The summed E-state index contributed by atoms with van der Waals surface area (Å²) in [6.45, 7) is 2.05. The van der Waals surface area contributed by atoms with Gasteiger partial charge in [0.1, 0.15) is 11.5 Å². The summed E-state index contributed by atoms with van der Waals surface area (Å²) in [5.41, 5.74) is 1.38. The van der Waals surface area contributed by atoms with Crippen molar-refractivity contribution < 1.29 is 9.59 Å². The Hall–Kier alpha value is -2.54. The molecule has 2 aliphatic rings. The third-order valence-corrected chi connectivity index (χ3v) is 4.79. The first-order valence-corrected chi connectivity index (χ1v) is 8.66. The molecule has 4 rings (SSSR count). The Morgan fingerprint density at radius 1 is 1.40 bits per heavy atom. The van der Waals surface area contributed by atoms with Gasteiger partial charge >= 0.3 is 0 Å². The van der Waals surface area contributed by atoms with Crippen LogP contribution in [0.15, 0.2) is 30.5 Å². The Labute approximate surface area is 149 Å². The zero-order valence-electron chi connectivity index (χ0n) is 13.5. The lowest BCUT2D eigenvalue weighted by Crippen LogP contribution is -2.28. The Balaban J connectivity index is 1.47. The first-order valence-electron chi connectivity index (χ1n) is 8.28. The van der Waals surface area contributed by atoms with E-state index in [-0.39, 0.29) is 18.2 Å². The first kappa shape index (κ1) is 16.0. The van der Waals surface area contributed by atoms with Crippen LogP contribution in [0.25, 0.3) is 0 Å². The zero-order chi connectivity index (χ0) is 17.4. The number of halogens is 1. The number of aryl methyl sites for hydroxylation is 1. The normalized spacial score (nSPS) is 19.5. The van der Waals surface area contributed by atoms with Gasteiger partial charge in [-0.15, -0.1) is 0 Å². The fraction of sp³-hybridized carbons (Fsp3) is 0.353. The molecule has 130 valence electrons. The maximum atomic E-state index is 12.6. The van der Waals surface area contributed by atoms with Crippen molar-refractivity contribution in [1.82, 2.24) is 9.78 Å². The monoisotopic (exact) mass is 359 g/mol. The van der Waals surface area contributed by atoms with Gasteiger partial charge in [-0.1, -0.05) is 17.7 Å². The molecule has 1 saturated heterocycles. The third kappa shape index (κ3) is 3.07. The number of hydrogen-bond acceptors (Lipinski definition) is 4. The molecule has 0 aliphatic carbocycles. The third-order valence-electron chi connectivity index (χ3n) is 4.55. The predicted molar refractivity (Wildman–Crippen MR) is 95.9 cm³/mol. The lowest BCUT2D eigenvalue weighted by molar-refractivity contribution is -0.122. The molecule has 1 aromatic carbocycles. The molecule has 25 heavy (non-hydrogen) atoms. The van der Waals surface area contributed by atoms with Crippen LogP contribution in [0.3, 0.4) is 0 Å². The molecule has 1 aromatic heterocycles. The summed E-state index contributed by atoms with van der Waals surface area (Å²) >= 11 is 6.00. The summed E-state index contributed by atoms with van der Waals surface area (Å²) in [5, 5.41) is 11.0. The maximum Gasteiger partial charge on any atom is 0.229 e. The van der Waals surface area contributed by atoms with Gasteiger partial charge in [0.2, 0.25) is 11.8 Å². The molecule has 3 heterocycles. The molecule has 1 fully saturated rings. The molecule has 0 bridgehead atoms. The highest BCUT2D eigenvalue weighted by Crippen LogP contribution is 2.29. The minimum atomic E-state index is -0.398. The first-order chi connectivity index (χ1) is 12.1. The van der Waals surface area contributed by atoms with Crippen LogP contribution in [0.5, 0.6) is 0 Å². The number of carbonyl (C=O) groups excluding carboxylic acids is 2. The minimum Gasteiger partial charge on any atom is -0.368 e. The molecule has 2 N–H and O–H groups in total. The number of fused-ring (bicyclic) bond motifs is 1. The number of nitrogens with one attached hydrogen (secondary N) is 2. The molecule has 0 spiro atoms. The second-order valence-electron chi connectivity index (χ2n) is 6.28. The van der Waals surface area contributed by atoms with E-state index in [4.69, 9.17) is 11.6 Å². The van der Waals surface area contributed by atoms with Gasteiger partial charge in [0.05, 0.1) is 12.1 Å². The number of aromatic nitrogens is 2. The largest absolute Gasteiger partial charge is 0.368 e. The average molecular weight is 360 g/mol. The van der Waals surface area contributed by atoms with Gasteiger partial charge in [-0.25, -0.2) is 4.68 Å². The molecule has 2 aromatic rings. The summed E-state index contributed by atoms with van der Waals surface area (Å²) in [7, 11) is 0. The van der Waals surface area contributed by atoms with Gasteiger partial charge in [0.25, 0.3) is 0 Å². The van der Waals surface area contributed by atoms with E-state index < -0.39 is 5.92 Å². The summed E-state index contributed by atoms with van der Waals surface area (Å²) in [6, 6.07) is 7.11. The van der Waals surface area contributed by atoms with Crippen LogP contribution in [0.4, 0.5) is 17.2 Å². The molecule has 2 amide bonds. The van der Waals surface area contributed by atoms with Crippen LogP contribution in [-0.4, -0.2) is 34.7 Å². The molecule has 0 saturated carbocycles. The Kier molecular flexibility index (Phi) is 4.09. The minimum absolute atomic E-state index is 0.0717. The van der Waals surface area contributed by atoms with Crippen molar-refractivity contribution in [2.24, 2.45) is 5.92 Å². The van der Waals surface area contributed by atoms with Gasteiger partial charge < -0.3 is 15.5 Å². The van der Waals surface area contributed by atoms with Crippen molar-refractivity contribution in [3.63, 3.8) is 0 Å². The van der Waals surface area contributed by atoms with Gasteiger partial charge in [0.15, 0.2) is 0 Å². The molecule has 0 radical (unpaired) electrons. The summed E-state index contributed by atoms with van der Waals surface area (Å²) in [5.74, 6) is 0.194. The number of hydrogen-bond donors (Lipinski definition) is 2. The highest BCUT2D eigenvalue weighted by Gasteiger charge is 2.35. The van der Waals surface area contributed by atoms with Crippen LogP contribution < -0.4 is 15.5 Å². The molecule has 2 aliphatic heterocycles. The van der Waals surface area contributed by atoms with E-state index in [1.807, 2.05) is 10.7 Å². The predicted octanol–water partition coefficient (Wildman–Crippen LogP) is 2.34. The Morgan fingerprint density at radius 2 is 2.28 bits per heavy atom. The number of nitrogens with zero attached hydrogens (tertiary/aromatic N) is 3. The van der Waals surface area contributed by atoms with E-state index in [9.17, 15) is 9.59 Å². The van der Waals surface area contributed by atoms with Crippen molar-refractivity contribution in [2.45, 2.75) is 19.4 Å². The van der Waals surface area contributed by atoms with E-state index >= 15 is 0 Å². The highest BCUT2D eigenvalue weighted by atomic mass is 35.5. The summed E-state index contributed by atoms with van der Waals surface area (Å²) in [4.78, 5) is 26.5. The summed E-state index contributed by atoms with van der Waals surface area (Å²) < 4.78 is 1.84. The van der Waals surface area contributed by atoms with E-state index in [2.05, 4.69) is 15.7 Å². The fourth-order valence-corrected chi connectivity index (χ4v) is 3.46. The van der Waals surface area contributed by atoms with Gasteiger partial charge in [-0.3, -0.25) is 9.59 Å². The number of amides is 2. The lowest BCUT2D eigenvalue weighted by Gasteiger charge is -2.18. The number of carbonyl (C=O) groups is 2. The highest BCUT2D eigenvalue weighted by molar-refractivity contribution is 6.31. The standard InChI is InChI=1S/C17H18ClN5O2/c18-12-3-1-4-13(8-12)22-10-11(7-15(22)24)17(25)21-14-9-20-23-6-2-5-19-16(14)23/h1,3-4,8-9,11,19H,2,5-7,10H2,(H,21,25). The Bertz CT molecular complexity index is 834.